The van der Waals surface area contributed by atoms with E-state index in [1.54, 1.807) is 25.3 Å². The monoisotopic (exact) mass is 224 g/mol. The van der Waals surface area contributed by atoms with E-state index in [1.807, 2.05) is 6.92 Å². The molecule has 0 spiro atoms. The van der Waals surface area contributed by atoms with Crippen LogP contribution in [0.25, 0.3) is 0 Å². The molecule has 0 aromatic heterocycles. The van der Waals surface area contributed by atoms with Crippen molar-refractivity contribution < 1.29 is 14.3 Å². The highest BCUT2D eigenvalue weighted by Gasteiger charge is 2.12. The summed E-state index contributed by atoms with van der Waals surface area (Å²) in [5, 5.41) is 0. The maximum atomic E-state index is 11.1. The molecule has 0 saturated carbocycles. The Balaban J connectivity index is 2.92. The summed E-state index contributed by atoms with van der Waals surface area (Å²) in [6.45, 7) is 2.25. The molecule has 1 atom stereocenters. The van der Waals surface area contributed by atoms with Crippen molar-refractivity contribution in [2.24, 2.45) is 5.73 Å². The minimum Gasteiger partial charge on any atom is -0.487 e. The van der Waals surface area contributed by atoms with Crippen molar-refractivity contribution in [3.8, 4) is 5.75 Å². The van der Waals surface area contributed by atoms with Crippen molar-refractivity contribution in [3.05, 3.63) is 23.8 Å². The first-order valence-electron chi connectivity index (χ1n) is 4.89. The summed E-state index contributed by atoms with van der Waals surface area (Å²) in [4.78, 5) is 11.1. The molecule has 0 fully saturated rings. The van der Waals surface area contributed by atoms with Crippen molar-refractivity contribution in [3.63, 3.8) is 0 Å². The van der Waals surface area contributed by atoms with Gasteiger partial charge in [-0.1, -0.05) is 0 Å². The van der Waals surface area contributed by atoms with Crippen LogP contribution in [0.5, 0.6) is 5.75 Å². The number of carbonyl (C=O) groups is 1. The topological polar surface area (TPSA) is 87.6 Å². The number of benzene rings is 1. The Morgan fingerprint density at radius 2 is 2.19 bits per heavy atom. The number of hydrogen-bond donors (Lipinski definition) is 2. The fourth-order valence-electron chi connectivity index (χ4n) is 1.33. The molecule has 5 heteroatoms. The van der Waals surface area contributed by atoms with Gasteiger partial charge in [0.25, 0.3) is 5.91 Å². The molecule has 0 aliphatic carbocycles. The van der Waals surface area contributed by atoms with E-state index >= 15 is 0 Å². The zero-order chi connectivity index (χ0) is 12.1. The summed E-state index contributed by atoms with van der Waals surface area (Å²) in [7, 11) is 1.58. The standard InChI is InChI=1S/C11H16N2O3/c1-7(6-15-2)16-10-5-8(12)3-4-9(10)11(13)14/h3-5,7H,6,12H2,1-2H3,(H2,13,14). The van der Waals surface area contributed by atoms with Crippen LogP contribution in [0, 0.1) is 0 Å². The van der Waals surface area contributed by atoms with Crippen LogP contribution in [-0.2, 0) is 4.74 Å². The summed E-state index contributed by atoms with van der Waals surface area (Å²) in [5.41, 5.74) is 11.7. The van der Waals surface area contributed by atoms with Gasteiger partial charge in [-0.15, -0.1) is 0 Å². The lowest BCUT2D eigenvalue weighted by atomic mass is 10.1. The minimum absolute atomic E-state index is 0.176. The minimum atomic E-state index is -0.542. The van der Waals surface area contributed by atoms with E-state index < -0.39 is 5.91 Å². The molecule has 1 aromatic carbocycles. The van der Waals surface area contributed by atoms with Gasteiger partial charge in [-0.25, -0.2) is 0 Å². The second-order valence-corrected chi connectivity index (χ2v) is 3.50. The Morgan fingerprint density at radius 1 is 1.50 bits per heavy atom. The van der Waals surface area contributed by atoms with E-state index in [4.69, 9.17) is 20.9 Å². The Hall–Kier alpha value is -1.75. The van der Waals surface area contributed by atoms with Gasteiger partial charge < -0.3 is 20.9 Å². The number of anilines is 1. The van der Waals surface area contributed by atoms with E-state index in [9.17, 15) is 4.79 Å². The molecule has 88 valence electrons. The van der Waals surface area contributed by atoms with Gasteiger partial charge in [0.2, 0.25) is 0 Å². The smallest absolute Gasteiger partial charge is 0.252 e. The van der Waals surface area contributed by atoms with Crippen LogP contribution < -0.4 is 16.2 Å². The molecule has 1 unspecified atom stereocenters. The van der Waals surface area contributed by atoms with Crippen molar-refractivity contribution >= 4 is 11.6 Å². The van der Waals surface area contributed by atoms with Crippen LogP contribution in [0.15, 0.2) is 18.2 Å². The van der Waals surface area contributed by atoms with Gasteiger partial charge in [0, 0.05) is 18.9 Å². The first-order valence-corrected chi connectivity index (χ1v) is 4.89. The van der Waals surface area contributed by atoms with Crippen molar-refractivity contribution in [1.82, 2.24) is 0 Å². The Labute approximate surface area is 94.3 Å². The van der Waals surface area contributed by atoms with E-state index in [-0.39, 0.29) is 6.10 Å². The molecule has 0 radical (unpaired) electrons. The van der Waals surface area contributed by atoms with Crippen LogP contribution in [0.2, 0.25) is 0 Å². The number of primary amides is 1. The SMILES string of the molecule is COCC(C)Oc1cc(N)ccc1C(N)=O. The maximum Gasteiger partial charge on any atom is 0.252 e. The summed E-state index contributed by atoms with van der Waals surface area (Å²) in [6, 6.07) is 4.73. The van der Waals surface area contributed by atoms with Crippen LogP contribution >= 0.6 is 0 Å². The van der Waals surface area contributed by atoms with Crippen LogP contribution in [-0.4, -0.2) is 25.7 Å². The summed E-state index contributed by atoms with van der Waals surface area (Å²) in [6.07, 6.45) is -0.176. The Morgan fingerprint density at radius 3 is 2.75 bits per heavy atom. The maximum absolute atomic E-state index is 11.1. The number of carbonyl (C=O) groups excluding carboxylic acids is 1. The number of hydrogen-bond acceptors (Lipinski definition) is 4. The highest BCUT2D eigenvalue weighted by molar-refractivity contribution is 5.96. The van der Waals surface area contributed by atoms with E-state index in [2.05, 4.69) is 0 Å². The lowest BCUT2D eigenvalue weighted by molar-refractivity contribution is 0.0886. The van der Waals surface area contributed by atoms with Gasteiger partial charge in [-0.2, -0.15) is 0 Å². The highest BCUT2D eigenvalue weighted by atomic mass is 16.5. The van der Waals surface area contributed by atoms with Crippen LogP contribution in [0.4, 0.5) is 5.69 Å². The second-order valence-electron chi connectivity index (χ2n) is 3.50. The fourth-order valence-corrected chi connectivity index (χ4v) is 1.33. The normalized spacial score (nSPS) is 12.1. The zero-order valence-electron chi connectivity index (χ0n) is 9.40. The molecule has 0 bridgehead atoms. The first-order chi connectivity index (χ1) is 7.54. The summed E-state index contributed by atoms with van der Waals surface area (Å²) >= 11 is 0. The molecule has 0 saturated heterocycles. The molecule has 16 heavy (non-hydrogen) atoms. The molecule has 0 aliphatic rings. The molecule has 0 heterocycles. The third-order valence-electron chi connectivity index (χ3n) is 2.00. The predicted molar refractivity (Wildman–Crippen MR) is 61.3 cm³/mol. The summed E-state index contributed by atoms with van der Waals surface area (Å²) in [5.74, 6) is -0.156. The lowest BCUT2D eigenvalue weighted by Crippen LogP contribution is -2.21. The number of ether oxygens (including phenoxy) is 2. The van der Waals surface area contributed by atoms with Gasteiger partial charge in [-0.3, -0.25) is 4.79 Å². The van der Waals surface area contributed by atoms with E-state index in [1.165, 1.54) is 0 Å². The third kappa shape index (κ3) is 3.13. The lowest BCUT2D eigenvalue weighted by Gasteiger charge is -2.16. The molecular formula is C11H16N2O3. The molecule has 1 amide bonds. The van der Waals surface area contributed by atoms with Crippen molar-refractivity contribution in [2.75, 3.05) is 19.5 Å². The molecule has 5 nitrogen and oxygen atoms in total. The highest BCUT2D eigenvalue weighted by Crippen LogP contribution is 2.22. The van der Waals surface area contributed by atoms with Crippen LogP contribution in [0.1, 0.15) is 17.3 Å². The van der Waals surface area contributed by atoms with Gasteiger partial charge in [0.05, 0.1) is 12.2 Å². The van der Waals surface area contributed by atoms with E-state index in [0.29, 0.717) is 23.6 Å². The average Bonchev–Trinajstić information content (AvgIpc) is 2.17. The predicted octanol–water partition coefficient (Wildman–Crippen LogP) is 0.781. The third-order valence-corrected chi connectivity index (χ3v) is 2.00. The molecule has 0 aliphatic heterocycles. The first kappa shape index (κ1) is 12.3. The summed E-state index contributed by atoms with van der Waals surface area (Å²) < 4.78 is 10.5. The quantitative estimate of drug-likeness (QED) is 0.723. The van der Waals surface area contributed by atoms with Crippen molar-refractivity contribution in [1.29, 1.82) is 0 Å². The zero-order valence-corrected chi connectivity index (χ0v) is 9.40. The number of nitrogens with two attached hydrogens (primary N) is 2. The van der Waals surface area contributed by atoms with Crippen LogP contribution in [0.3, 0.4) is 0 Å². The Kier molecular flexibility index (Phi) is 4.13. The Bertz CT molecular complexity index is 379. The van der Waals surface area contributed by atoms with E-state index in [0.717, 1.165) is 0 Å². The van der Waals surface area contributed by atoms with Crippen molar-refractivity contribution in [2.45, 2.75) is 13.0 Å². The second kappa shape index (κ2) is 5.37. The molecular weight excluding hydrogens is 208 g/mol. The fraction of sp³-hybridized carbons (Fsp3) is 0.364. The molecule has 4 N–H and O–H groups in total. The largest absolute Gasteiger partial charge is 0.487 e. The van der Waals surface area contributed by atoms with Gasteiger partial charge in [0.1, 0.15) is 11.9 Å². The number of methoxy groups -OCH3 is 1. The number of amides is 1. The molecule has 1 rings (SSSR count). The van der Waals surface area contributed by atoms with Gasteiger partial charge in [0.15, 0.2) is 0 Å². The number of nitrogen functional groups attached to an aromatic ring is 1. The van der Waals surface area contributed by atoms with Gasteiger partial charge in [-0.05, 0) is 19.1 Å². The van der Waals surface area contributed by atoms with Gasteiger partial charge >= 0.3 is 0 Å². The average molecular weight is 224 g/mol. The molecule has 1 aromatic rings. The number of rotatable bonds is 5.